The maximum atomic E-state index is 11.7. The molecule has 0 aromatic carbocycles. The number of amides is 1. The number of hydrogen-bond donors (Lipinski definition) is 1. The number of carbonyl (C=O) groups excluding carboxylic acids is 1. The lowest BCUT2D eigenvalue weighted by molar-refractivity contribution is -0.124. The molecule has 1 aliphatic rings. The van der Waals surface area contributed by atoms with Crippen LogP contribution in [0.3, 0.4) is 0 Å². The molecule has 0 spiro atoms. The van der Waals surface area contributed by atoms with Crippen molar-refractivity contribution < 1.29 is 4.79 Å². The van der Waals surface area contributed by atoms with Crippen LogP contribution in [-0.2, 0) is 11.2 Å². The highest BCUT2D eigenvalue weighted by atomic mass is 32.1. The molecule has 0 bridgehead atoms. The summed E-state index contributed by atoms with van der Waals surface area (Å²) >= 11 is 1.67. The van der Waals surface area contributed by atoms with Gasteiger partial charge in [-0.15, -0.1) is 11.3 Å². The molecule has 3 nitrogen and oxygen atoms in total. The van der Waals surface area contributed by atoms with Crippen molar-refractivity contribution in [3.05, 3.63) is 16.1 Å². The summed E-state index contributed by atoms with van der Waals surface area (Å²) in [6.07, 6.45) is 5.49. The molecular weight excluding hydrogens is 220 g/mol. The first kappa shape index (κ1) is 11.6. The summed E-state index contributed by atoms with van der Waals surface area (Å²) in [4.78, 5) is 17.2. The second-order valence-corrected chi connectivity index (χ2v) is 5.32. The zero-order valence-corrected chi connectivity index (χ0v) is 10.5. The van der Waals surface area contributed by atoms with Gasteiger partial charge in [-0.1, -0.05) is 12.8 Å². The number of carbonyl (C=O) groups is 1. The summed E-state index contributed by atoms with van der Waals surface area (Å²) in [6.45, 7) is 2.77. The molecule has 4 heteroatoms. The highest BCUT2D eigenvalue weighted by molar-refractivity contribution is 7.09. The van der Waals surface area contributed by atoms with E-state index in [-0.39, 0.29) is 11.8 Å². The van der Waals surface area contributed by atoms with Gasteiger partial charge in [0.1, 0.15) is 0 Å². The molecule has 1 saturated carbocycles. The Morgan fingerprint density at radius 1 is 1.56 bits per heavy atom. The lowest BCUT2D eigenvalue weighted by atomic mass is 10.1. The van der Waals surface area contributed by atoms with Crippen molar-refractivity contribution in [2.45, 2.75) is 39.0 Å². The van der Waals surface area contributed by atoms with Crippen LogP contribution in [-0.4, -0.2) is 17.4 Å². The Morgan fingerprint density at radius 3 is 2.94 bits per heavy atom. The molecule has 1 N–H and O–H groups in total. The van der Waals surface area contributed by atoms with Crippen molar-refractivity contribution in [1.82, 2.24) is 10.3 Å². The predicted molar refractivity (Wildman–Crippen MR) is 65.5 cm³/mol. The topological polar surface area (TPSA) is 42.0 Å². The summed E-state index contributed by atoms with van der Waals surface area (Å²) in [5.74, 6) is 0.530. The molecule has 0 aliphatic heterocycles. The van der Waals surface area contributed by atoms with Crippen LogP contribution in [0.1, 0.15) is 36.3 Å². The van der Waals surface area contributed by atoms with Crippen LogP contribution in [0.25, 0.3) is 0 Å². The zero-order chi connectivity index (χ0) is 11.4. The molecule has 1 aliphatic carbocycles. The first-order chi connectivity index (χ1) is 7.77. The quantitative estimate of drug-likeness (QED) is 0.874. The fourth-order valence-corrected chi connectivity index (χ4v) is 2.98. The summed E-state index contributed by atoms with van der Waals surface area (Å²) in [5.41, 5.74) is 2.96. The van der Waals surface area contributed by atoms with Gasteiger partial charge in [-0.3, -0.25) is 4.79 Å². The van der Waals surface area contributed by atoms with Crippen molar-refractivity contribution >= 4 is 17.2 Å². The Hall–Kier alpha value is -0.900. The minimum Gasteiger partial charge on any atom is -0.356 e. The molecule has 16 heavy (non-hydrogen) atoms. The summed E-state index contributed by atoms with van der Waals surface area (Å²) in [7, 11) is 0. The van der Waals surface area contributed by atoms with Crippen LogP contribution in [0.15, 0.2) is 5.51 Å². The Kier molecular flexibility index (Phi) is 3.93. The Labute approximate surface area is 100 Å². The first-order valence-electron chi connectivity index (χ1n) is 5.94. The van der Waals surface area contributed by atoms with E-state index in [2.05, 4.69) is 10.3 Å². The maximum absolute atomic E-state index is 11.7. The van der Waals surface area contributed by atoms with Gasteiger partial charge in [-0.25, -0.2) is 4.98 Å². The molecule has 1 aromatic heterocycles. The summed E-state index contributed by atoms with van der Waals surface area (Å²) in [6, 6.07) is 0. The van der Waals surface area contributed by atoms with E-state index in [1.165, 1.54) is 17.7 Å². The van der Waals surface area contributed by atoms with E-state index in [4.69, 9.17) is 0 Å². The molecule has 0 atom stereocenters. The predicted octanol–water partition coefficient (Wildman–Crippen LogP) is 2.30. The van der Waals surface area contributed by atoms with Gasteiger partial charge >= 0.3 is 0 Å². The van der Waals surface area contributed by atoms with Crippen LogP contribution in [0.2, 0.25) is 0 Å². The maximum Gasteiger partial charge on any atom is 0.223 e. The SMILES string of the molecule is Cc1ncsc1CCNC(=O)C1CCCC1. The van der Waals surface area contributed by atoms with Crippen molar-refractivity contribution in [1.29, 1.82) is 0 Å². The first-order valence-corrected chi connectivity index (χ1v) is 6.82. The van der Waals surface area contributed by atoms with Crippen LogP contribution in [0, 0.1) is 12.8 Å². The van der Waals surface area contributed by atoms with Crippen LogP contribution >= 0.6 is 11.3 Å². The number of hydrogen-bond acceptors (Lipinski definition) is 3. The van der Waals surface area contributed by atoms with E-state index >= 15 is 0 Å². The van der Waals surface area contributed by atoms with Gasteiger partial charge in [-0.2, -0.15) is 0 Å². The van der Waals surface area contributed by atoms with Gasteiger partial charge in [0.25, 0.3) is 0 Å². The molecule has 0 unspecified atom stereocenters. The van der Waals surface area contributed by atoms with E-state index in [1.54, 1.807) is 11.3 Å². The largest absolute Gasteiger partial charge is 0.356 e. The van der Waals surface area contributed by atoms with Crippen LogP contribution in [0.5, 0.6) is 0 Å². The molecule has 88 valence electrons. The monoisotopic (exact) mass is 238 g/mol. The third-order valence-corrected chi connectivity index (χ3v) is 4.22. The van der Waals surface area contributed by atoms with E-state index < -0.39 is 0 Å². The standard InChI is InChI=1S/C12H18N2OS/c1-9-11(16-8-14-9)6-7-13-12(15)10-4-2-3-5-10/h8,10H,2-7H2,1H3,(H,13,15). The summed E-state index contributed by atoms with van der Waals surface area (Å²) < 4.78 is 0. The van der Waals surface area contributed by atoms with E-state index in [0.29, 0.717) is 0 Å². The molecule has 2 rings (SSSR count). The Balaban J connectivity index is 1.71. The molecule has 0 saturated heterocycles. The van der Waals surface area contributed by atoms with Gasteiger partial charge < -0.3 is 5.32 Å². The number of rotatable bonds is 4. The van der Waals surface area contributed by atoms with E-state index in [0.717, 1.165) is 31.5 Å². The lowest BCUT2D eigenvalue weighted by Gasteiger charge is -2.09. The van der Waals surface area contributed by atoms with Crippen LogP contribution < -0.4 is 5.32 Å². The van der Waals surface area contributed by atoms with E-state index in [9.17, 15) is 4.79 Å². The van der Waals surface area contributed by atoms with Crippen LogP contribution in [0.4, 0.5) is 0 Å². The van der Waals surface area contributed by atoms with Crippen molar-refractivity contribution in [3.8, 4) is 0 Å². The highest BCUT2D eigenvalue weighted by Gasteiger charge is 2.21. The Bertz CT molecular complexity index is 356. The minimum absolute atomic E-state index is 0.250. The molecular formula is C12H18N2OS. The fraction of sp³-hybridized carbons (Fsp3) is 0.667. The third kappa shape index (κ3) is 2.82. The fourth-order valence-electron chi connectivity index (χ4n) is 2.20. The van der Waals surface area contributed by atoms with Gasteiger partial charge in [-0.05, 0) is 19.8 Å². The molecule has 1 amide bonds. The lowest BCUT2D eigenvalue weighted by Crippen LogP contribution is -2.30. The van der Waals surface area contributed by atoms with Crippen molar-refractivity contribution in [2.75, 3.05) is 6.54 Å². The second-order valence-electron chi connectivity index (χ2n) is 4.38. The zero-order valence-electron chi connectivity index (χ0n) is 9.66. The van der Waals surface area contributed by atoms with Crippen molar-refractivity contribution in [3.63, 3.8) is 0 Å². The second kappa shape index (κ2) is 5.43. The molecule has 0 radical (unpaired) electrons. The number of nitrogens with one attached hydrogen (secondary N) is 1. The number of aryl methyl sites for hydroxylation is 1. The average molecular weight is 238 g/mol. The number of nitrogens with zero attached hydrogens (tertiary/aromatic N) is 1. The molecule has 1 aromatic rings. The van der Waals surface area contributed by atoms with Gasteiger partial charge in [0.2, 0.25) is 5.91 Å². The van der Waals surface area contributed by atoms with E-state index in [1.807, 2.05) is 12.4 Å². The number of aromatic nitrogens is 1. The van der Waals surface area contributed by atoms with Gasteiger partial charge in [0.15, 0.2) is 0 Å². The van der Waals surface area contributed by atoms with Gasteiger partial charge in [0, 0.05) is 23.8 Å². The minimum atomic E-state index is 0.250. The van der Waals surface area contributed by atoms with Gasteiger partial charge in [0.05, 0.1) is 11.2 Å². The average Bonchev–Trinajstić information content (AvgIpc) is 2.90. The molecule has 1 heterocycles. The molecule has 1 fully saturated rings. The van der Waals surface area contributed by atoms with Crippen molar-refractivity contribution in [2.24, 2.45) is 5.92 Å². The Morgan fingerprint density at radius 2 is 2.31 bits per heavy atom. The third-order valence-electron chi connectivity index (χ3n) is 3.22. The highest BCUT2D eigenvalue weighted by Crippen LogP contribution is 2.24. The smallest absolute Gasteiger partial charge is 0.223 e. The summed E-state index contributed by atoms with van der Waals surface area (Å²) in [5, 5.41) is 3.03. The normalized spacial score (nSPS) is 16.6. The number of thiazole rings is 1.